The molecule has 0 aliphatic carbocycles. The molecule has 1 atom stereocenters. The molecule has 0 heterocycles. The Balaban J connectivity index is 1.96. The van der Waals surface area contributed by atoms with Gasteiger partial charge in [-0.15, -0.1) is 0 Å². The molecule has 0 fully saturated rings. The van der Waals surface area contributed by atoms with Crippen molar-refractivity contribution in [2.24, 2.45) is 0 Å². The summed E-state index contributed by atoms with van der Waals surface area (Å²) < 4.78 is 49.4. The fraction of sp³-hybridized carbons (Fsp3) is 0.240. The number of hydrogen-bond donors (Lipinski definition) is 2. The quantitative estimate of drug-likeness (QED) is 0.382. The van der Waals surface area contributed by atoms with Crippen LogP contribution in [0.4, 0.5) is 10.1 Å². The summed E-state index contributed by atoms with van der Waals surface area (Å²) >= 11 is 3.17. The standard InChI is InChI=1S/C25H26BrFN2O4S/c1-16(2)18-9-12-23(33-3)24(14-18)34(31,32)29-22(13-17-7-5-4-6-8-17)25(30)28-21-11-10-19(26)15-20(21)27/h4-12,14-16,22,29H,13H2,1-3H3,(H,28,30). The van der Waals surface area contributed by atoms with Crippen LogP contribution in [0.2, 0.25) is 0 Å². The van der Waals surface area contributed by atoms with Crippen LogP contribution in [0.25, 0.3) is 0 Å². The SMILES string of the molecule is COc1ccc(C(C)C)cc1S(=O)(=O)NC(Cc1ccccc1)C(=O)Nc1ccc(Br)cc1F. The van der Waals surface area contributed by atoms with Crippen molar-refractivity contribution in [3.63, 3.8) is 0 Å². The number of rotatable bonds is 9. The van der Waals surface area contributed by atoms with Gasteiger partial charge in [0.1, 0.15) is 22.5 Å². The van der Waals surface area contributed by atoms with Gasteiger partial charge in [0.15, 0.2) is 0 Å². The van der Waals surface area contributed by atoms with Gasteiger partial charge in [0.05, 0.1) is 12.8 Å². The van der Waals surface area contributed by atoms with Crippen molar-refractivity contribution in [2.75, 3.05) is 12.4 Å². The summed E-state index contributed by atoms with van der Waals surface area (Å²) in [6, 6.07) is 16.9. The normalized spacial score (nSPS) is 12.4. The number of carbonyl (C=O) groups excluding carboxylic acids is 1. The average Bonchev–Trinajstić information content (AvgIpc) is 2.80. The maximum atomic E-state index is 14.3. The van der Waals surface area contributed by atoms with Crippen LogP contribution in [0.3, 0.4) is 0 Å². The Morgan fingerprint density at radius 2 is 1.76 bits per heavy atom. The van der Waals surface area contributed by atoms with E-state index in [-0.39, 0.29) is 28.7 Å². The van der Waals surface area contributed by atoms with Gasteiger partial charge in [-0.2, -0.15) is 4.72 Å². The van der Waals surface area contributed by atoms with Crippen LogP contribution < -0.4 is 14.8 Å². The molecule has 0 saturated heterocycles. The molecule has 3 aromatic carbocycles. The third-order valence-electron chi connectivity index (χ3n) is 5.23. The van der Waals surface area contributed by atoms with Gasteiger partial charge in [0, 0.05) is 4.47 Å². The van der Waals surface area contributed by atoms with Gasteiger partial charge in [-0.25, -0.2) is 12.8 Å². The van der Waals surface area contributed by atoms with Crippen LogP contribution in [0, 0.1) is 5.82 Å². The topological polar surface area (TPSA) is 84.5 Å². The molecule has 1 amide bonds. The molecule has 0 bridgehead atoms. The molecule has 2 N–H and O–H groups in total. The predicted octanol–water partition coefficient (Wildman–Crippen LogP) is 5.25. The average molecular weight is 549 g/mol. The van der Waals surface area contributed by atoms with Crippen molar-refractivity contribution < 1.29 is 22.3 Å². The van der Waals surface area contributed by atoms with Crippen LogP contribution in [0.1, 0.15) is 30.9 Å². The molecule has 9 heteroatoms. The second kappa shape index (κ2) is 11.1. The van der Waals surface area contributed by atoms with E-state index in [1.807, 2.05) is 19.9 Å². The third kappa shape index (κ3) is 6.43. The van der Waals surface area contributed by atoms with Crippen molar-refractivity contribution >= 4 is 37.5 Å². The molecular weight excluding hydrogens is 523 g/mol. The number of methoxy groups -OCH3 is 1. The van der Waals surface area contributed by atoms with Gasteiger partial charge in [0.25, 0.3) is 0 Å². The Kier molecular flexibility index (Phi) is 8.46. The lowest BCUT2D eigenvalue weighted by Crippen LogP contribution is -2.45. The zero-order valence-electron chi connectivity index (χ0n) is 19.0. The third-order valence-corrected chi connectivity index (χ3v) is 7.22. The number of nitrogens with one attached hydrogen (secondary N) is 2. The first kappa shape index (κ1) is 25.9. The van der Waals surface area contributed by atoms with Crippen LogP contribution in [-0.2, 0) is 21.2 Å². The van der Waals surface area contributed by atoms with E-state index in [1.54, 1.807) is 42.5 Å². The first-order valence-corrected chi connectivity index (χ1v) is 12.9. The molecule has 0 saturated carbocycles. The van der Waals surface area contributed by atoms with Crippen LogP contribution in [0.5, 0.6) is 5.75 Å². The second-order valence-corrected chi connectivity index (χ2v) is 10.6. The number of hydrogen-bond acceptors (Lipinski definition) is 4. The highest BCUT2D eigenvalue weighted by atomic mass is 79.9. The molecular formula is C25H26BrFN2O4S. The summed E-state index contributed by atoms with van der Waals surface area (Å²) in [6.07, 6.45) is 0.0657. The van der Waals surface area contributed by atoms with E-state index >= 15 is 0 Å². The van der Waals surface area contributed by atoms with Crippen molar-refractivity contribution in [3.05, 3.63) is 88.1 Å². The summed E-state index contributed by atoms with van der Waals surface area (Å²) in [5, 5.41) is 2.50. The molecule has 3 aromatic rings. The smallest absolute Gasteiger partial charge is 0.245 e. The van der Waals surface area contributed by atoms with E-state index in [0.29, 0.717) is 4.47 Å². The van der Waals surface area contributed by atoms with E-state index in [9.17, 15) is 17.6 Å². The monoisotopic (exact) mass is 548 g/mol. The Bertz CT molecular complexity index is 1270. The van der Waals surface area contributed by atoms with Crippen molar-refractivity contribution in [1.82, 2.24) is 4.72 Å². The number of sulfonamides is 1. The number of anilines is 1. The van der Waals surface area contributed by atoms with Crippen LogP contribution in [0.15, 0.2) is 76.1 Å². The number of halogens is 2. The highest BCUT2D eigenvalue weighted by molar-refractivity contribution is 9.10. The Morgan fingerprint density at radius 3 is 2.38 bits per heavy atom. The fourth-order valence-electron chi connectivity index (χ4n) is 3.36. The van der Waals surface area contributed by atoms with Gasteiger partial charge in [-0.1, -0.05) is 66.2 Å². The molecule has 0 aliphatic rings. The number of benzene rings is 3. The lowest BCUT2D eigenvalue weighted by atomic mass is 10.0. The van der Waals surface area contributed by atoms with E-state index < -0.39 is 27.8 Å². The minimum atomic E-state index is -4.17. The molecule has 0 aromatic heterocycles. The number of ether oxygens (including phenoxy) is 1. The maximum Gasteiger partial charge on any atom is 0.245 e. The molecule has 6 nitrogen and oxygen atoms in total. The molecule has 180 valence electrons. The second-order valence-electron chi connectivity index (χ2n) is 8.04. The first-order chi connectivity index (χ1) is 16.1. The molecule has 3 rings (SSSR count). The van der Waals surface area contributed by atoms with Crippen molar-refractivity contribution in [1.29, 1.82) is 0 Å². The highest BCUT2D eigenvalue weighted by Crippen LogP contribution is 2.28. The van der Waals surface area contributed by atoms with Gasteiger partial charge in [0.2, 0.25) is 15.9 Å². The highest BCUT2D eigenvalue weighted by Gasteiger charge is 2.29. The largest absolute Gasteiger partial charge is 0.495 e. The van der Waals surface area contributed by atoms with E-state index in [4.69, 9.17) is 4.74 Å². The maximum absolute atomic E-state index is 14.3. The van der Waals surface area contributed by atoms with E-state index in [0.717, 1.165) is 11.1 Å². The van der Waals surface area contributed by atoms with Gasteiger partial charge in [-0.05, 0) is 53.8 Å². The number of amides is 1. The van der Waals surface area contributed by atoms with Crippen molar-refractivity contribution in [2.45, 2.75) is 37.1 Å². The Morgan fingerprint density at radius 1 is 1.06 bits per heavy atom. The Labute approximate surface area is 207 Å². The molecule has 1 unspecified atom stereocenters. The lowest BCUT2D eigenvalue weighted by Gasteiger charge is -2.20. The van der Waals surface area contributed by atoms with Crippen LogP contribution in [-0.4, -0.2) is 27.5 Å². The lowest BCUT2D eigenvalue weighted by molar-refractivity contribution is -0.117. The fourth-order valence-corrected chi connectivity index (χ4v) is 5.09. The molecule has 0 aliphatic heterocycles. The van der Waals surface area contributed by atoms with Gasteiger partial charge in [-0.3, -0.25) is 4.79 Å². The minimum absolute atomic E-state index is 0.0511. The zero-order valence-corrected chi connectivity index (χ0v) is 21.4. The summed E-state index contributed by atoms with van der Waals surface area (Å²) in [5.41, 5.74) is 1.50. The zero-order chi connectivity index (χ0) is 24.9. The summed E-state index contributed by atoms with van der Waals surface area (Å²) in [7, 11) is -2.79. The molecule has 0 spiro atoms. The van der Waals surface area contributed by atoms with E-state index in [2.05, 4.69) is 26.0 Å². The summed E-state index contributed by atoms with van der Waals surface area (Å²) in [5.74, 6) is -1.08. The van der Waals surface area contributed by atoms with Crippen LogP contribution >= 0.6 is 15.9 Å². The van der Waals surface area contributed by atoms with Gasteiger partial charge < -0.3 is 10.1 Å². The molecule has 0 radical (unpaired) electrons. The number of carbonyl (C=O) groups is 1. The Hall–Kier alpha value is -2.75. The minimum Gasteiger partial charge on any atom is -0.495 e. The first-order valence-electron chi connectivity index (χ1n) is 10.6. The van der Waals surface area contributed by atoms with E-state index in [1.165, 1.54) is 25.3 Å². The molecule has 34 heavy (non-hydrogen) atoms. The predicted molar refractivity (Wildman–Crippen MR) is 134 cm³/mol. The summed E-state index contributed by atoms with van der Waals surface area (Å²) in [4.78, 5) is 13.1. The van der Waals surface area contributed by atoms with Crippen molar-refractivity contribution in [3.8, 4) is 5.75 Å². The summed E-state index contributed by atoms with van der Waals surface area (Å²) in [6.45, 7) is 3.90. The van der Waals surface area contributed by atoms with Gasteiger partial charge >= 0.3 is 0 Å².